The van der Waals surface area contributed by atoms with Crippen LogP contribution in [0.2, 0.25) is 0 Å². The molecule has 0 N–H and O–H groups in total. The Morgan fingerprint density at radius 3 is 1.67 bits per heavy atom. The van der Waals surface area contributed by atoms with Gasteiger partial charge in [-0.3, -0.25) is 0 Å². The van der Waals surface area contributed by atoms with Gasteiger partial charge in [0, 0.05) is 0 Å². The molecule has 0 aliphatic carbocycles. The van der Waals surface area contributed by atoms with Crippen LogP contribution in [0, 0.1) is 0 Å². The average molecular weight is 708 g/mol. The molecule has 0 bridgehead atoms. The Bertz CT molecular complexity index is 2920. The zero-order valence-corrected chi connectivity index (χ0v) is 29.1. The van der Waals surface area contributed by atoms with Gasteiger partial charge < -0.3 is 0 Å². The van der Waals surface area contributed by atoms with E-state index in [-0.39, 0.29) is 0 Å². The maximum atomic E-state index is 5.36. The van der Waals surface area contributed by atoms with Crippen LogP contribution in [0.5, 0.6) is 0 Å². The van der Waals surface area contributed by atoms with Crippen molar-refractivity contribution in [3.8, 4) is 11.1 Å². The van der Waals surface area contributed by atoms with E-state index in [0.717, 1.165) is 22.1 Å². The molecule has 0 aliphatic heterocycles. The molecule has 0 unspecified atom stereocenters. The van der Waals surface area contributed by atoms with Gasteiger partial charge in [-0.15, -0.1) is 0 Å². The standard InChI is InChI=1S/C45H29N2PSe/c49-48(36-15-3-1-4-16-36,37-17-5-2-6-18-37)38-22-23-39-40-26-32-13-9-10-14-33(32)27-41(40)45-46-42-24-21-35(28-44(42)47(45)43(39)29-38)34-20-19-30-11-7-8-12-31(30)25-34/h1-29H. The summed E-state index contributed by atoms with van der Waals surface area (Å²) in [5.74, 6) is 0. The van der Waals surface area contributed by atoms with E-state index in [1.165, 1.54) is 64.9 Å². The van der Waals surface area contributed by atoms with Crippen LogP contribution >= 0.6 is 5.51 Å². The van der Waals surface area contributed by atoms with Crippen molar-refractivity contribution in [2.24, 2.45) is 0 Å². The van der Waals surface area contributed by atoms with Crippen molar-refractivity contribution in [1.29, 1.82) is 0 Å². The molecule has 230 valence electrons. The van der Waals surface area contributed by atoms with Gasteiger partial charge in [0.25, 0.3) is 0 Å². The Morgan fingerprint density at radius 2 is 0.980 bits per heavy atom. The Hall–Kier alpha value is -5.30. The number of aromatic nitrogens is 2. The van der Waals surface area contributed by atoms with Crippen LogP contribution in [0.25, 0.3) is 71.0 Å². The molecule has 0 spiro atoms. The Balaban J connectivity index is 1.32. The van der Waals surface area contributed by atoms with Gasteiger partial charge in [0.15, 0.2) is 0 Å². The monoisotopic (exact) mass is 708 g/mol. The quantitative estimate of drug-likeness (QED) is 0.0771. The Morgan fingerprint density at radius 1 is 0.408 bits per heavy atom. The van der Waals surface area contributed by atoms with Crippen LogP contribution in [0.1, 0.15) is 0 Å². The zero-order chi connectivity index (χ0) is 32.5. The normalized spacial score (nSPS) is 12.2. The minimum atomic E-state index is -2.09. The topological polar surface area (TPSA) is 17.3 Å². The minimum absolute atomic E-state index is 0.986. The SMILES string of the molecule is [Se]=P(c1ccccc1)(c1ccccc1)c1ccc2c3cc4ccccc4cc3c3nc4ccc(-c5ccc6ccccc6c5)cc4n3c2c1. The molecule has 8 aromatic carbocycles. The second-order valence-corrected chi connectivity index (χ2v) is 19.0. The number of hydrogen-bond donors (Lipinski definition) is 0. The van der Waals surface area contributed by atoms with Crippen molar-refractivity contribution in [1.82, 2.24) is 9.38 Å². The van der Waals surface area contributed by atoms with Crippen molar-refractivity contribution < 1.29 is 0 Å². The third-order valence-corrected chi connectivity index (χ3v) is 17.0. The molecular formula is C45H29N2PSe. The second kappa shape index (κ2) is 11.1. The summed E-state index contributed by atoms with van der Waals surface area (Å²) in [6.07, 6.45) is 0. The van der Waals surface area contributed by atoms with E-state index in [0.29, 0.717) is 0 Å². The number of imidazole rings is 1. The van der Waals surface area contributed by atoms with Crippen LogP contribution in [0.4, 0.5) is 0 Å². The van der Waals surface area contributed by atoms with Gasteiger partial charge >= 0.3 is 275 Å². The van der Waals surface area contributed by atoms with E-state index in [1.807, 2.05) is 0 Å². The molecule has 0 saturated carbocycles. The average Bonchev–Trinajstić information content (AvgIpc) is 3.57. The fourth-order valence-corrected chi connectivity index (χ4v) is 12.5. The molecule has 0 radical (unpaired) electrons. The number of pyridine rings is 1. The third kappa shape index (κ3) is 4.48. The fraction of sp³-hybridized carbons (Fsp3) is 0. The molecule has 2 aromatic heterocycles. The summed E-state index contributed by atoms with van der Waals surface area (Å²) in [7, 11) is 0. The van der Waals surface area contributed by atoms with Crippen LogP contribution < -0.4 is 15.9 Å². The van der Waals surface area contributed by atoms with Crippen LogP contribution in [-0.2, 0) is 0 Å². The summed E-state index contributed by atoms with van der Waals surface area (Å²) in [5, 5.41) is 12.5. The number of benzene rings is 8. The predicted molar refractivity (Wildman–Crippen MR) is 213 cm³/mol. The number of fused-ring (bicyclic) bond motifs is 10. The fourth-order valence-electron chi connectivity index (χ4n) is 7.55. The molecule has 0 amide bonds. The van der Waals surface area contributed by atoms with Gasteiger partial charge in [-0.2, -0.15) is 0 Å². The van der Waals surface area contributed by atoms with Crippen molar-refractivity contribution in [3.63, 3.8) is 0 Å². The van der Waals surface area contributed by atoms with Crippen molar-refractivity contribution in [3.05, 3.63) is 176 Å². The molecule has 2 nitrogen and oxygen atoms in total. The molecule has 0 atom stereocenters. The molecular weight excluding hydrogens is 678 g/mol. The van der Waals surface area contributed by atoms with Crippen molar-refractivity contribution in [2.45, 2.75) is 0 Å². The van der Waals surface area contributed by atoms with E-state index in [9.17, 15) is 0 Å². The molecule has 49 heavy (non-hydrogen) atoms. The molecule has 0 aliphatic rings. The summed E-state index contributed by atoms with van der Waals surface area (Å²) >= 11 is 3.78. The third-order valence-electron chi connectivity index (χ3n) is 9.98. The molecule has 0 saturated heterocycles. The first-order valence-corrected chi connectivity index (χ1v) is 20.6. The van der Waals surface area contributed by atoms with Gasteiger partial charge in [0.05, 0.1) is 0 Å². The van der Waals surface area contributed by atoms with E-state index < -0.39 is 5.51 Å². The number of hydrogen-bond acceptors (Lipinski definition) is 1. The molecule has 10 rings (SSSR count). The van der Waals surface area contributed by atoms with Crippen molar-refractivity contribution >= 4 is 96.4 Å². The Labute approximate surface area is 291 Å². The second-order valence-electron chi connectivity index (χ2n) is 12.8. The summed E-state index contributed by atoms with van der Waals surface area (Å²) < 4.78 is 2.41. The van der Waals surface area contributed by atoms with Gasteiger partial charge in [0.2, 0.25) is 0 Å². The van der Waals surface area contributed by atoms with E-state index in [4.69, 9.17) is 4.98 Å². The first-order valence-electron chi connectivity index (χ1n) is 16.6. The van der Waals surface area contributed by atoms with Gasteiger partial charge in [-0.05, 0) is 0 Å². The van der Waals surface area contributed by atoms with Crippen molar-refractivity contribution in [2.75, 3.05) is 0 Å². The first-order chi connectivity index (χ1) is 24.1. The predicted octanol–water partition coefficient (Wildman–Crippen LogP) is 10.1. The summed E-state index contributed by atoms with van der Waals surface area (Å²) in [6, 6.07) is 64.4. The maximum absolute atomic E-state index is 5.36. The van der Waals surface area contributed by atoms with Gasteiger partial charge in [-0.25, -0.2) is 0 Å². The summed E-state index contributed by atoms with van der Waals surface area (Å²) in [4.78, 5) is 5.36. The van der Waals surface area contributed by atoms with E-state index in [1.54, 1.807) is 0 Å². The number of nitrogens with zero attached hydrogens (tertiary/aromatic N) is 2. The molecule has 2 heterocycles. The summed E-state index contributed by atoms with van der Waals surface area (Å²) in [5.41, 5.74) is 4.55. The van der Waals surface area contributed by atoms with Crippen LogP contribution in [-0.4, -0.2) is 24.5 Å². The summed E-state index contributed by atoms with van der Waals surface area (Å²) in [6.45, 7) is 0. The molecule has 0 fully saturated rings. The first kappa shape index (κ1) is 28.7. The van der Waals surface area contributed by atoms with Crippen LogP contribution in [0.15, 0.2) is 176 Å². The van der Waals surface area contributed by atoms with Crippen LogP contribution in [0.3, 0.4) is 0 Å². The van der Waals surface area contributed by atoms with E-state index in [2.05, 4.69) is 195 Å². The Kier molecular flexibility index (Phi) is 6.51. The van der Waals surface area contributed by atoms with Gasteiger partial charge in [-0.1, -0.05) is 18.2 Å². The zero-order valence-electron chi connectivity index (χ0n) is 26.5. The molecule has 4 heteroatoms. The molecule has 10 aromatic rings. The number of rotatable bonds is 4. The van der Waals surface area contributed by atoms with Gasteiger partial charge in [0.1, 0.15) is 0 Å². The van der Waals surface area contributed by atoms with E-state index >= 15 is 0 Å².